The van der Waals surface area contributed by atoms with Gasteiger partial charge in [-0.15, -0.1) is 0 Å². The molecule has 0 aromatic heterocycles. The Hall–Kier alpha value is -0.450. The lowest BCUT2D eigenvalue weighted by molar-refractivity contribution is 0.313. The minimum absolute atomic E-state index is 0.130. The van der Waals surface area contributed by atoms with E-state index in [2.05, 4.69) is 27.9 Å². The van der Waals surface area contributed by atoms with Crippen LogP contribution in [0.4, 0.5) is 4.39 Å². The van der Waals surface area contributed by atoms with Crippen molar-refractivity contribution in [2.24, 2.45) is 11.7 Å². The second-order valence-electron chi connectivity index (χ2n) is 5.85. The minimum Gasteiger partial charge on any atom is -0.330 e. The SMILES string of the molecule is CC(C)c1cc(C2CC(CN)CN2C)cc(Br)c1F. The van der Waals surface area contributed by atoms with Crippen molar-refractivity contribution in [1.82, 2.24) is 4.90 Å². The molecule has 0 spiro atoms. The Balaban J connectivity index is 2.35. The summed E-state index contributed by atoms with van der Waals surface area (Å²) in [5, 5.41) is 0. The van der Waals surface area contributed by atoms with E-state index in [0.717, 1.165) is 25.1 Å². The zero-order chi connectivity index (χ0) is 14.2. The van der Waals surface area contributed by atoms with Gasteiger partial charge in [-0.25, -0.2) is 4.39 Å². The van der Waals surface area contributed by atoms with Crippen molar-refractivity contribution in [1.29, 1.82) is 0 Å². The maximum Gasteiger partial charge on any atom is 0.140 e. The summed E-state index contributed by atoms with van der Waals surface area (Å²) in [5.74, 6) is 0.601. The van der Waals surface area contributed by atoms with Crippen molar-refractivity contribution < 1.29 is 4.39 Å². The fourth-order valence-corrected chi connectivity index (χ4v) is 3.40. The van der Waals surface area contributed by atoms with Crippen LogP contribution >= 0.6 is 15.9 Å². The predicted octanol–water partition coefficient (Wildman–Crippen LogP) is 3.66. The van der Waals surface area contributed by atoms with Gasteiger partial charge in [0.15, 0.2) is 0 Å². The molecule has 2 nitrogen and oxygen atoms in total. The molecule has 2 unspecified atom stereocenters. The van der Waals surface area contributed by atoms with Gasteiger partial charge >= 0.3 is 0 Å². The highest BCUT2D eigenvalue weighted by Crippen LogP contribution is 2.37. The Bertz CT molecular complexity index is 462. The first-order chi connectivity index (χ1) is 8.93. The van der Waals surface area contributed by atoms with E-state index in [4.69, 9.17) is 5.73 Å². The number of hydrogen-bond acceptors (Lipinski definition) is 2. The van der Waals surface area contributed by atoms with Crippen molar-refractivity contribution in [2.75, 3.05) is 20.1 Å². The molecule has 0 saturated carbocycles. The molecule has 1 fully saturated rings. The molecule has 0 bridgehead atoms. The highest BCUT2D eigenvalue weighted by molar-refractivity contribution is 9.10. The minimum atomic E-state index is -0.130. The van der Waals surface area contributed by atoms with Gasteiger partial charge in [0.2, 0.25) is 0 Å². The van der Waals surface area contributed by atoms with Gasteiger partial charge in [-0.2, -0.15) is 0 Å². The summed E-state index contributed by atoms with van der Waals surface area (Å²) in [5.41, 5.74) is 7.75. The maximum absolute atomic E-state index is 14.1. The first kappa shape index (κ1) is 14.9. The van der Waals surface area contributed by atoms with Gasteiger partial charge in [-0.1, -0.05) is 19.9 Å². The van der Waals surface area contributed by atoms with E-state index in [9.17, 15) is 4.39 Å². The quantitative estimate of drug-likeness (QED) is 0.917. The summed E-state index contributed by atoms with van der Waals surface area (Å²) in [4.78, 5) is 2.32. The van der Waals surface area contributed by atoms with Crippen molar-refractivity contribution in [3.05, 3.63) is 33.5 Å². The van der Waals surface area contributed by atoms with E-state index in [1.54, 1.807) is 0 Å². The molecule has 1 saturated heterocycles. The number of halogens is 2. The second-order valence-corrected chi connectivity index (χ2v) is 6.71. The number of nitrogens with zero attached hydrogens (tertiary/aromatic N) is 1. The third kappa shape index (κ3) is 3.01. The lowest BCUT2D eigenvalue weighted by Gasteiger charge is -2.22. The number of likely N-dealkylation sites (tertiary alicyclic amines) is 1. The molecule has 4 heteroatoms. The molecule has 106 valence electrons. The largest absolute Gasteiger partial charge is 0.330 e. The third-order valence-corrected chi connectivity index (χ3v) is 4.63. The monoisotopic (exact) mass is 328 g/mol. The first-order valence-corrected chi connectivity index (χ1v) is 7.62. The molecular formula is C15H22BrFN2. The van der Waals surface area contributed by atoms with E-state index in [-0.39, 0.29) is 11.7 Å². The summed E-state index contributed by atoms with van der Waals surface area (Å²) in [6.45, 7) is 5.79. The summed E-state index contributed by atoms with van der Waals surface area (Å²) in [6.07, 6.45) is 1.06. The van der Waals surface area contributed by atoms with Crippen LogP contribution in [0.3, 0.4) is 0 Å². The molecule has 1 aromatic carbocycles. The van der Waals surface area contributed by atoms with Gasteiger partial charge in [0.1, 0.15) is 5.82 Å². The summed E-state index contributed by atoms with van der Waals surface area (Å²) in [7, 11) is 2.12. The fourth-order valence-electron chi connectivity index (χ4n) is 2.91. The zero-order valence-corrected chi connectivity index (χ0v) is 13.4. The van der Waals surface area contributed by atoms with Gasteiger partial charge < -0.3 is 5.73 Å². The van der Waals surface area contributed by atoms with Crippen LogP contribution in [-0.4, -0.2) is 25.0 Å². The summed E-state index contributed by atoms with van der Waals surface area (Å²) in [6, 6.07) is 4.29. The Kier molecular flexibility index (Phi) is 4.64. The molecule has 0 radical (unpaired) electrons. The zero-order valence-electron chi connectivity index (χ0n) is 11.8. The van der Waals surface area contributed by atoms with Crippen molar-refractivity contribution in [3.63, 3.8) is 0 Å². The average molecular weight is 329 g/mol. The number of rotatable bonds is 3. The summed E-state index contributed by atoms with van der Waals surface area (Å²) < 4.78 is 14.6. The van der Waals surface area contributed by atoms with Crippen LogP contribution in [0.25, 0.3) is 0 Å². The number of nitrogens with two attached hydrogens (primary N) is 1. The Morgan fingerprint density at radius 1 is 1.47 bits per heavy atom. The summed E-state index contributed by atoms with van der Waals surface area (Å²) >= 11 is 3.35. The highest BCUT2D eigenvalue weighted by Gasteiger charge is 2.30. The van der Waals surface area contributed by atoms with Gasteiger partial charge in [-0.3, -0.25) is 4.90 Å². The highest BCUT2D eigenvalue weighted by atomic mass is 79.9. The molecule has 1 aromatic rings. The second kappa shape index (κ2) is 5.90. The number of benzene rings is 1. The normalized spacial score (nSPS) is 24.4. The topological polar surface area (TPSA) is 29.3 Å². The van der Waals surface area contributed by atoms with Crippen LogP contribution < -0.4 is 5.73 Å². The Morgan fingerprint density at radius 3 is 2.68 bits per heavy atom. The molecule has 0 amide bonds. The van der Waals surface area contributed by atoms with Crippen LogP contribution in [0.15, 0.2) is 16.6 Å². The molecular weight excluding hydrogens is 307 g/mol. The van der Waals surface area contributed by atoms with Crippen molar-refractivity contribution >= 4 is 15.9 Å². The standard InChI is InChI=1S/C15H22BrFN2/c1-9(2)12-5-11(6-13(16)15(12)17)14-4-10(7-18)8-19(14)3/h5-6,9-10,14H,4,7-8,18H2,1-3H3. The molecule has 2 atom stereocenters. The molecule has 0 aliphatic carbocycles. The molecule has 2 N–H and O–H groups in total. The lowest BCUT2D eigenvalue weighted by atomic mass is 9.94. The lowest BCUT2D eigenvalue weighted by Crippen LogP contribution is -2.20. The van der Waals surface area contributed by atoms with E-state index in [1.807, 2.05) is 26.0 Å². The average Bonchev–Trinajstić information content (AvgIpc) is 2.73. The van der Waals surface area contributed by atoms with Gasteiger partial charge in [0.25, 0.3) is 0 Å². The Morgan fingerprint density at radius 2 is 2.16 bits per heavy atom. The first-order valence-electron chi connectivity index (χ1n) is 6.83. The predicted molar refractivity (Wildman–Crippen MR) is 80.7 cm³/mol. The molecule has 2 rings (SSSR count). The fraction of sp³-hybridized carbons (Fsp3) is 0.600. The van der Waals surface area contributed by atoms with Crippen LogP contribution in [0.2, 0.25) is 0 Å². The van der Waals surface area contributed by atoms with E-state index < -0.39 is 0 Å². The molecule has 1 aliphatic heterocycles. The number of hydrogen-bond donors (Lipinski definition) is 1. The van der Waals surface area contributed by atoms with Crippen LogP contribution in [-0.2, 0) is 0 Å². The smallest absolute Gasteiger partial charge is 0.140 e. The third-order valence-electron chi connectivity index (χ3n) is 4.05. The van der Waals surface area contributed by atoms with Crippen LogP contribution in [0, 0.1) is 11.7 Å². The van der Waals surface area contributed by atoms with Crippen LogP contribution in [0.1, 0.15) is 43.4 Å². The Labute approximate surface area is 123 Å². The maximum atomic E-state index is 14.1. The van der Waals surface area contributed by atoms with Gasteiger partial charge in [0.05, 0.1) is 4.47 Å². The van der Waals surface area contributed by atoms with E-state index in [0.29, 0.717) is 16.4 Å². The van der Waals surface area contributed by atoms with Crippen LogP contribution in [0.5, 0.6) is 0 Å². The van der Waals surface area contributed by atoms with Gasteiger partial charge in [0, 0.05) is 12.6 Å². The van der Waals surface area contributed by atoms with Gasteiger partial charge in [-0.05, 0) is 65.0 Å². The van der Waals surface area contributed by atoms with E-state index >= 15 is 0 Å². The van der Waals surface area contributed by atoms with E-state index in [1.165, 1.54) is 5.56 Å². The molecule has 1 heterocycles. The van der Waals surface area contributed by atoms with Crippen molar-refractivity contribution in [2.45, 2.75) is 32.2 Å². The molecule has 1 aliphatic rings. The molecule has 19 heavy (non-hydrogen) atoms. The van der Waals surface area contributed by atoms with Crippen molar-refractivity contribution in [3.8, 4) is 0 Å².